The first-order chi connectivity index (χ1) is 7.11. The summed E-state index contributed by atoms with van der Waals surface area (Å²) in [5, 5.41) is 31.5. The Morgan fingerprint density at radius 2 is 2.00 bits per heavy atom. The molecule has 0 aliphatic carbocycles. The Bertz CT molecular complexity index is 255. The van der Waals surface area contributed by atoms with Crippen LogP contribution in [-0.4, -0.2) is 59.7 Å². The highest BCUT2D eigenvalue weighted by molar-refractivity contribution is 4.89. The highest BCUT2D eigenvalue weighted by atomic mass is 16.7. The molecule has 5 atom stereocenters. The zero-order valence-corrected chi connectivity index (χ0v) is 8.09. The number of aliphatic hydroxyl groups excluding tert-OH is 3. The summed E-state index contributed by atoms with van der Waals surface area (Å²) in [5.74, 6) is 0. The average molecular weight is 219 g/mol. The minimum absolute atomic E-state index is 0.138. The number of rotatable bonds is 3. The molecular weight excluding hydrogens is 206 g/mol. The van der Waals surface area contributed by atoms with E-state index in [1.54, 1.807) is 0 Å². The Morgan fingerprint density at radius 3 is 2.53 bits per heavy atom. The van der Waals surface area contributed by atoms with Gasteiger partial charge in [0.25, 0.3) is 0 Å². The lowest BCUT2D eigenvalue weighted by Crippen LogP contribution is -2.58. The van der Waals surface area contributed by atoms with Crippen LogP contribution in [0.5, 0.6) is 0 Å². The van der Waals surface area contributed by atoms with Crippen molar-refractivity contribution in [3.05, 3.63) is 10.4 Å². The van der Waals surface area contributed by atoms with E-state index in [1.807, 2.05) is 0 Å². The fraction of sp³-hybridized carbons (Fsp3) is 1.00. The first kappa shape index (κ1) is 12.2. The molecule has 0 amide bonds. The van der Waals surface area contributed by atoms with Gasteiger partial charge in [-0.25, -0.2) is 0 Å². The number of hydrogen-bond donors (Lipinski definition) is 3. The molecule has 1 fully saturated rings. The molecule has 15 heavy (non-hydrogen) atoms. The summed E-state index contributed by atoms with van der Waals surface area (Å²) in [5.41, 5.74) is 8.10. The van der Waals surface area contributed by atoms with E-state index in [0.717, 1.165) is 0 Å². The van der Waals surface area contributed by atoms with Crippen LogP contribution in [0.1, 0.15) is 0 Å². The number of methoxy groups -OCH3 is 1. The van der Waals surface area contributed by atoms with E-state index >= 15 is 0 Å². The normalized spacial score (nSPS) is 40.9. The van der Waals surface area contributed by atoms with Gasteiger partial charge in [0.1, 0.15) is 18.3 Å². The Morgan fingerprint density at radius 1 is 1.33 bits per heavy atom. The number of aliphatic hydroxyl groups is 3. The predicted octanol–water partition coefficient (Wildman–Crippen LogP) is -1.25. The van der Waals surface area contributed by atoms with Crippen LogP contribution < -0.4 is 0 Å². The van der Waals surface area contributed by atoms with Crippen molar-refractivity contribution < 1.29 is 24.8 Å². The topological polar surface area (TPSA) is 128 Å². The summed E-state index contributed by atoms with van der Waals surface area (Å²) in [7, 11) is 1.29. The lowest BCUT2D eigenvalue weighted by atomic mass is 9.99. The molecule has 1 aliphatic heterocycles. The van der Waals surface area contributed by atoms with Crippen molar-refractivity contribution in [2.75, 3.05) is 13.7 Å². The van der Waals surface area contributed by atoms with Crippen LogP contribution in [0.15, 0.2) is 5.11 Å². The van der Waals surface area contributed by atoms with Crippen molar-refractivity contribution in [1.82, 2.24) is 0 Å². The van der Waals surface area contributed by atoms with E-state index in [1.165, 1.54) is 7.11 Å². The standard InChI is InChI=1S/C7H13N3O5/c1-14-7-6(13)5(12)4(11)3(15-7)2-9-10-8/h3-7,11-13H,2H2,1H3/t3?,4-,5+,6-,7?/m1/s1. The Labute approximate surface area is 85.7 Å². The van der Waals surface area contributed by atoms with Crippen LogP contribution in [-0.2, 0) is 9.47 Å². The number of azide groups is 1. The fourth-order valence-electron chi connectivity index (χ4n) is 1.38. The maximum Gasteiger partial charge on any atom is 0.186 e. The summed E-state index contributed by atoms with van der Waals surface area (Å²) >= 11 is 0. The number of nitrogens with zero attached hydrogens (tertiary/aromatic N) is 3. The van der Waals surface area contributed by atoms with E-state index in [0.29, 0.717) is 0 Å². The molecule has 8 heteroatoms. The predicted molar refractivity (Wildman–Crippen MR) is 47.7 cm³/mol. The fourth-order valence-corrected chi connectivity index (χ4v) is 1.38. The molecule has 3 N–H and O–H groups in total. The summed E-state index contributed by atoms with van der Waals surface area (Å²) in [4.78, 5) is 2.51. The molecule has 0 bridgehead atoms. The third-order valence-electron chi connectivity index (χ3n) is 2.23. The van der Waals surface area contributed by atoms with Gasteiger partial charge in [-0.05, 0) is 5.53 Å². The molecule has 1 aliphatic rings. The molecule has 1 rings (SSSR count). The van der Waals surface area contributed by atoms with Gasteiger partial charge in [-0.1, -0.05) is 5.11 Å². The van der Waals surface area contributed by atoms with Gasteiger partial charge in [-0.3, -0.25) is 0 Å². The van der Waals surface area contributed by atoms with Crippen molar-refractivity contribution >= 4 is 0 Å². The summed E-state index contributed by atoms with van der Waals surface area (Å²) < 4.78 is 9.84. The molecular formula is C7H13N3O5. The average Bonchev–Trinajstić information content (AvgIpc) is 2.25. The smallest absolute Gasteiger partial charge is 0.186 e. The van der Waals surface area contributed by atoms with Crippen molar-refractivity contribution in [2.24, 2.45) is 5.11 Å². The molecule has 0 spiro atoms. The molecule has 2 unspecified atom stereocenters. The van der Waals surface area contributed by atoms with Gasteiger partial charge in [0.05, 0.1) is 12.6 Å². The molecule has 1 saturated heterocycles. The molecule has 1 heterocycles. The summed E-state index contributed by atoms with van der Waals surface area (Å²) in [6.45, 7) is -0.138. The van der Waals surface area contributed by atoms with Gasteiger partial charge >= 0.3 is 0 Å². The maximum absolute atomic E-state index is 9.47. The van der Waals surface area contributed by atoms with E-state index in [2.05, 4.69) is 10.0 Å². The SMILES string of the molecule is COC1OC(CN=[N+]=[N-])[C@@H](O)[C@H](O)[C@H]1O. The first-order valence-corrected chi connectivity index (χ1v) is 4.35. The first-order valence-electron chi connectivity index (χ1n) is 4.35. The second kappa shape index (κ2) is 5.26. The van der Waals surface area contributed by atoms with Gasteiger partial charge in [0.15, 0.2) is 6.29 Å². The second-order valence-electron chi connectivity index (χ2n) is 3.16. The van der Waals surface area contributed by atoms with Crippen molar-refractivity contribution in [2.45, 2.75) is 30.7 Å². The summed E-state index contributed by atoms with van der Waals surface area (Å²) in [6.07, 6.45) is -5.95. The van der Waals surface area contributed by atoms with E-state index in [9.17, 15) is 15.3 Å². The minimum Gasteiger partial charge on any atom is -0.388 e. The molecule has 0 aromatic heterocycles. The monoisotopic (exact) mass is 219 g/mol. The molecule has 0 radical (unpaired) electrons. The van der Waals surface area contributed by atoms with E-state index in [4.69, 9.17) is 15.0 Å². The van der Waals surface area contributed by atoms with Crippen LogP contribution in [0.4, 0.5) is 0 Å². The number of ether oxygens (including phenoxy) is 2. The number of hydrogen-bond acceptors (Lipinski definition) is 6. The molecule has 0 aromatic carbocycles. The van der Waals surface area contributed by atoms with Gasteiger partial charge in [-0.15, -0.1) is 0 Å². The van der Waals surface area contributed by atoms with Gasteiger partial charge in [0, 0.05) is 12.0 Å². The minimum atomic E-state index is -1.39. The third-order valence-corrected chi connectivity index (χ3v) is 2.23. The maximum atomic E-state index is 9.47. The lowest BCUT2D eigenvalue weighted by Gasteiger charge is -2.39. The highest BCUT2D eigenvalue weighted by Crippen LogP contribution is 2.21. The Hall–Kier alpha value is -0.890. The quantitative estimate of drug-likeness (QED) is 0.310. The highest BCUT2D eigenvalue weighted by Gasteiger charge is 2.43. The largest absolute Gasteiger partial charge is 0.388 e. The van der Waals surface area contributed by atoms with Crippen molar-refractivity contribution in [3.8, 4) is 0 Å². The lowest BCUT2D eigenvalue weighted by molar-refractivity contribution is -0.287. The van der Waals surface area contributed by atoms with Gasteiger partial charge in [-0.2, -0.15) is 0 Å². The molecule has 0 saturated carbocycles. The molecule has 86 valence electrons. The van der Waals surface area contributed by atoms with Crippen molar-refractivity contribution in [1.29, 1.82) is 0 Å². The van der Waals surface area contributed by atoms with E-state index in [-0.39, 0.29) is 6.54 Å². The van der Waals surface area contributed by atoms with Crippen LogP contribution in [0, 0.1) is 0 Å². The van der Waals surface area contributed by atoms with E-state index < -0.39 is 30.7 Å². The Kier molecular flexibility index (Phi) is 4.28. The van der Waals surface area contributed by atoms with Gasteiger partial charge in [0.2, 0.25) is 0 Å². The zero-order chi connectivity index (χ0) is 11.4. The zero-order valence-electron chi connectivity index (χ0n) is 8.09. The van der Waals surface area contributed by atoms with Gasteiger partial charge < -0.3 is 24.8 Å². The van der Waals surface area contributed by atoms with Crippen LogP contribution in [0.25, 0.3) is 10.4 Å². The third kappa shape index (κ3) is 2.57. The molecule has 0 aromatic rings. The van der Waals surface area contributed by atoms with Crippen LogP contribution in [0.3, 0.4) is 0 Å². The second-order valence-corrected chi connectivity index (χ2v) is 3.16. The van der Waals surface area contributed by atoms with Crippen molar-refractivity contribution in [3.63, 3.8) is 0 Å². The van der Waals surface area contributed by atoms with Crippen LogP contribution >= 0.6 is 0 Å². The summed E-state index contributed by atoms with van der Waals surface area (Å²) in [6, 6.07) is 0. The Balaban J connectivity index is 2.69. The molecule has 8 nitrogen and oxygen atoms in total. The van der Waals surface area contributed by atoms with Crippen LogP contribution in [0.2, 0.25) is 0 Å².